The maximum Gasteiger partial charge on any atom is 0.338 e. The van der Waals surface area contributed by atoms with Gasteiger partial charge in [-0.2, -0.15) is 0 Å². The van der Waals surface area contributed by atoms with Crippen LogP contribution in [0.15, 0.2) is 36.5 Å². The Hall–Kier alpha value is -2.11. The number of anilines is 1. The molecule has 0 saturated heterocycles. The van der Waals surface area contributed by atoms with Gasteiger partial charge in [0, 0.05) is 6.20 Å². The lowest BCUT2D eigenvalue weighted by molar-refractivity contribution is -0.123. The van der Waals surface area contributed by atoms with E-state index in [1.807, 2.05) is 12.1 Å². The molecule has 25 heavy (non-hydrogen) atoms. The Bertz CT molecular complexity index is 776. The van der Waals surface area contributed by atoms with Gasteiger partial charge >= 0.3 is 5.97 Å². The summed E-state index contributed by atoms with van der Waals surface area (Å²) in [5.74, 6) is -0.594. The number of pyridine rings is 1. The Kier molecular flexibility index (Phi) is 6.39. The predicted octanol–water partition coefficient (Wildman–Crippen LogP) is 4.70. The third kappa shape index (κ3) is 5.18. The van der Waals surface area contributed by atoms with Crippen molar-refractivity contribution in [2.45, 2.75) is 32.8 Å². The lowest BCUT2D eigenvalue weighted by Gasteiger charge is -2.14. The van der Waals surface area contributed by atoms with Crippen molar-refractivity contribution in [3.63, 3.8) is 0 Å². The van der Waals surface area contributed by atoms with E-state index < -0.39 is 18.0 Å². The van der Waals surface area contributed by atoms with Crippen LogP contribution in [0.25, 0.3) is 0 Å². The average Bonchev–Trinajstić information content (AvgIpc) is 2.57. The van der Waals surface area contributed by atoms with Gasteiger partial charge < -0.3 is 10.1 Å². The predicted molar refractivity (Wildman–Crippen MR) is 98.3 cm³/mol. The van der Waals surface area contributed by atoms with Crippen LogP contribution in [-0.4, -0.2) is 23.0 Å². The van der Waals surface area contributed by atoms with Gasteiger partial charge in [0.1, 0.15) is 0 Å². The molecule has 1 aromatic heterocycles. The summed E-state index contributed by atoms with van der Waals surface area (Å²) >= 11 is 11.7. The molecule has 0 aliphatic rings. The molecular formula is C18H18Cl2N2O3. The van der Waals surface area contributed by atoms with Crippen molar-refractivity contribution >= 4 is 40.9 Å². The number of carbonyl (C=O) groups excluding carboxylic acids is 2. The van der Waals surface area contributed by atoms with Gasteiger partial charge in [-0.1, -0.05) is 49.2 Å². The van der Waals surface area contributed by atoms with Gasteiger partial charge in [0.2, 0.25) is 0 Å². The highest BCUT2D eigenvalue weighted by molar-refractivity contribution is 6.36. The fourth-order valence-electron chi connectivity index (χ4n) is 2.01. The number of rotatable bonds is 5. The van der Waals surface area contributed by atoms with Crippen molar-refractivity contribution in [2.75, 3.05) is 5.32 Å². The second-order valence-corrected chi connectivity index (χ2v) is 6.64. The highest BCUT2D eigenvalue weighted by Crippen LogP contribution is 2.23. The van der Waals surface area contributed by atoms with Crippen LogP contribution >= 0.6 is 23.2 Å². The van der Waals surface area contributed by atoms with Gasteiger partial charge in [0.25, 0.3) is 5.91 Å². The zero-order valence-corrected chi connectivity index (χ0v) is 15.6. The van der Waals surface area contributed by atoms with Gasteiger partial charge in [-0.3, -0.25) is 4.79 Å². The molecule has 2 aromatic rings. The summed E-state index contributed by atoms with van der Waals surface area (Å²) in [4.78, 5) is 28.2. The summed E-state index contributed by atoms with van der Waals surface area (Å²) in [7, 11) is 0. The van der Waals surface area contributed by atoms with Crippen LogP contribution in [0.5, 0.6) is 0 Å². The molecule has 7 heteroatoms. The first-order valence-corrected chi connectivity index (χ1v) is 8.46. The van der Waals surface area contributed by atoms with E-state index in [-0.39, 0.29) is 10.8 Å². The number of hydrogen-bond acceptors (Lipinski definition) is 4. The minimum absolute atomic E-state index is 0.153. The molecule has 1 aromatic carbocycles. The van der Waals surface area contributed by atoms with E-state index in [0.29, 0.717) is 16.5 Å². The maximum atomic E-state index is 12.1. The van der Waals surface area contributed by atoms with Gasteiger partial charge in [0.15, 0.2) is 11.9 Å². The molecule has 0 bridgehead atoms. The van der Waals surface area contributed by atoms with Crippen LogP contribution < -0.4 is 5.32 Å². The number of amides is 1. The Labute approximate surface area is 156 Å². The highest BCUT2D eigenvalue weighted by Gasteiger charge is 2.20. The monoisotopic (exact) mass is 380 g/mol. The molecule has 5 nitrogen and oxygen atoms in total. The molecule has 1 unspecified atom stereocenters. The molecule has 1 N–H and O–H groups in total. The maximum absolute atomic E-state index is 12.1. The number of benzene rings is 1. The quantitative estimate of drug-likeness (QED) is 0.763. The standard InChI is InChI=1S/C18H18Cl2N2O3/c1-10(2)12-4-6-13(7-5-12)18(24)25-11(3)17(23)22-16-15(20)8-14(19)9-21-16/h4-11H,1-3H3,(H,21,22,23). The molecule has 1 heterocycles. The van der Waals surface area contributed by atoms with Crippen molar-refractivity contribution in [1.82, 2.24) is 4.98 Å². The number of halogens is 2. The third-order valence-corrected chi connectivity index (χ3v) is 4.01. The van der Waals surface area contributed by atoms with Gasteiger partial charge in [-0.25, -0.2) is 9.78 Å². The Morgan fingerprint density at radius 1 is 1.12 bits per heavy atom. The van der Waals surface area contributed by atoms with E-state index in [1.165, 1.54) is 19.2 Å². The van der Waals surface area contributed by atoms with Crippen LogP contribution in [0.1, 0.15) is 42.6 Å². The SMILES string of the molecule is CC(OC(=O)c1ccc(C(C)C)cc1)C(=O)Nc1ncc(Cl)cc1Cl. The average molecular weight is 381 g/mol. The Balaban J connectivity index is 1.99. The van der Waals surface area contributed by atoms with Crippen molar-refractivity contribution in [3.8, 4) is 0 Å². The van der Waals surface area contributed by atoms with Gasteiger partial charge in [-0.15, -0.1) is 0 Å². The number of nitrogens with zero attached hydrogens (tertiary/aromatic N) is 1. The minimum atomic E-state index is -1.01. The molecule has 0 radical (unpaired) electrons. The van der Waals surface area contributed by atoms with E-state index in [2.05, 4.69) is 24.1 Å². The normalized spacial score (nSPS) is 11.9. The van der Waals surface area contributed by atoms with Crippen LogP contribution in [-0.2, 0) is 9.53 Å². The molecular weight excluding hydrogens is 363 g/mol. The van der Waals surface area contributed by atoms with E-state index >= 15 is 0 Å². The number of ether oxygens (including phenoxy) is 1. The topological polar surface area (TPSA) is 68.3 Å². The van der Waals surface area contributed by atoms with Gasteiger partial charge in [0.05, 0.1) is 15.6 Å². The number of carbonyl (C=O) groups is 2. The van der Waals surface area contributed by atoms with E-state index in [1.54, 1.807) is 12.1 Å². The summed E-state index contributed by atoms with van der Waals surface area (Å²) < 4.78 is 5.19. The molecule has 0 aliphatic heterocycles. The molecule has 0 fully saturated rings. The van der Waals surface area contributed by atoms with Crippen molar-refractivity contribution in [3.05, 3.63) is 57.7 Å². The molecule has 0 saturated carbocycles. The van der Waals surface area contributed by atoms with Crippen LogP contribution in [0.3, 0.4) is 0 Å². The Morgan fingerprint density at radius 3 is 2.32 bits per heavy atom. The van der Waals surface area contributed by atoms with Gasteiger partial charge in [-0.05, 0) is 36.6 Å². The molecule has 1 atom stereocenters. The highest BCUT2D eigenvalue weighted by atomic mass is 35.5. The summed E-state index contributed by atoms with van der Waals surface area (Å²) in [5, 5.41) is 3.05. The second-order valence-electron chi connectivity index (χ2n) is 5.80. The zero-order valence-electron chi connectivity index (χ0n) is 14.0. The van der Waals surface area contributed by atoms with E-state index in [9.17, 15) is 9.59 Å². The molecule has 1 amide bonds. The summed E-state index contributed by atoms with van der Waals surface area (Å²) in [5.41, 5.74) is 1.50. The summed E-state index contributed by atoms with van der Waals surface area (Å²) in [6, 6.07) is 8.55. The van der Waals surface area contributed by atoms with Crippen molar-refractivity contribution in [1.29, 1.82) is 0 Å². The first-order valence-electron chi connectivity index (χ1n) is 7.70. The summed E-state index contributed by atoms with van der Waals surface area (Å²) in [6.07, 6.45) is 0.349. The van der Waals surface area contributed by atoms with Crippen LogP contribution in [0.2, 0.25) is 10.0 Å². The number of esters is 1. The number of nitrogens with one attached hydrogen (secondary N) is 1. The van der Waals surface area contributed by atoms with E-state index in [4.69, 9.17) is 27.9 Å². The lowest BCUT2D eigenvalue weighted by atomic mass is 10.0. The number of hydrogen-bond donors (Lipinski definition) is 1. The first-order chi connectivity index (χ1) is 11.8. The minimum Gasteiger partial charge on any atom is -0.449 e. The molecule has 132 valence electrons. The first kappa shape index (κ1) is 19.2. The second kappa shape index (κ2) is 8.32. The Morgan fingerprint density at radius 2 is 1.76 bits per heavy atom. The van der Waals surface area contributed by atoms with Crippen molar-refractivity contribution in [2.24, 2.45) is 0 Å². The van der Waals surface area contributed by atoms with Crippen LogP contribution in [0, 0.1) is 0 Å². The largest absolute Gasteiger partial charge is 0.449 e. The lowest BCUT2D eigenvalue weighted by Crippen LogP contribution is -2.30. The molecule has 2 rings (SSSR count). The van der Waals surface area contributed by atoms with Crippen molar-refractivity contribution < 1.29 is 14.3 Å². The van der Waals surface area contributed by atoms with Crippen LogP contribution in [0.4, 0.5) is 5.82 Å². The smallest absolute Gasteiger partial charge is 0.338 e. The molecule has 0 spiro atoms. The van der Waals surface area contributed by atoms with E-state index in [0.717, 1.165) is 5.56 Å². The third-order valence-electron chi connectivity index (χ3n) is 3.52. The number of aromatic nitrogens is 1. The fraction of sp³-hybridized carbons (Fsp3) is 0.278. The molecule has 0 aliphatic carbocycles. The zero-order chi connectivity index (χ0) is 18.6. The fourth-order valence-corrected chi connectivity index (χ4v) is 2.44. The summed E-state index contributed by atoms with van der Waals surface area (Å²) in [6.45, 7) is 5.60.